The van der Waals surface area contributed by atoms with Crippen LogP contribution in [-0.2, 0) is 6.42 Å². The molecule has 114 valence electrons. The third kappa shape index (κ3) is 2.91. The molecule has 1 N–H and O–H groups in total. The minimum atomic E-state index is 0.491. The number of hydrogen-bond acceptors (Lipinski definition) is 4. The lowest BCUT2D eigenvalue weighted by molar-refractivity contribution is 0.221. The molecular formula is C17H25N3S. The molecule has 4 heteroatoms. The molecule has 21 heavy (non-hydrogen) atoms. The van der Waals surface area contributed by atoms with E-state index in [4.69, 9.17) is 9.97 Å². The molecule has 1 aliphatic rings. The SMILES string of the molecule is CCc1cc2c(NC)nc(C3CCC(C)(C)CC3)nc2s1. The molecule has 0 saturated heterocycles. The highest BCUT2D eigenvalue weighted by molar-refractivity contribution is 7.18. The lowest BCUT2D eigenvalue weighted by atomic mass is 9.73. The Bertz CT molecular complexity index is 635. The Hall–Kier alpha value is -1.16. The number of rotatable bonds is 3. The van der Waals surface area contributed by atoms with E-state index in [2.05, 4.69) is 32.2 Å². The van der Waals surface area contributed by atoms with Gasteiger partial charge in [0.25, 0.3) is 0 Å². The van der Waals surface area contributed by atoms with E-state index in [1.807, 2.05) is 18.4 Å². The maximum atomic E-state index is 4.89. The van der Waals surface area contributed by atoms with Crippen molar-refractivity contribution in [2.75, 3.05) is 12.4 Å². The molecule has 0 bridgehead atoms. The Labute approximate surface area is 131 Å². The van der Waals surface area contributed by atoms with E-state index in [9.17, 15) is 0 Å². The van der Waals surface area contributed by atoms with Crippen LogP contribution in [0.3, 0.4) is 0 Å². The van der Waals surface area contributed by atoms with Crippen molar-refractivity contribution in [1.29, 1.82) is 0 Å². The highest BCUT2D eigenvalue weighted by atomic mass is 32.1. The van der Waals surface area contributed by atoms with E-state index in [1.165, 1.54) is 35.9 Å². The summed E-state index contributed by atoms with van der Waals surface area (Å²) < 4.78 is 0. The summed E-state index contributed by atoms with van der Waals surface area (Å²) in [6.45, 7) is 6.94. The van der Waals surface area contributed by atoms with Crippen LogP contribution >= 0.6 is 11.3 Å². The molecule has 0 atom stereocenters. The molecule has 0 aliphatic heterocycles. The first-order valence-corrected chi connectivity index (χ1v) is 8.82. The minimum Gasteiger partial charge on any atom is -0.372 e. The van der Waals surface area contributed by atoms with Gasteiger partial charge in [-0.25, -0.2) is 9.97 Å². The smallest absolute Gasteiger partial charge is 0.138 e. The average Bonchev–Trinajstić information content (AvgIpc) is 2.89. The number of nitrogens with zero attached hydrogens (tertiary/aromatic N) is 2. The Morgan fingerprint density at radius 3 is 2.62 bits per heavy atom. The van der Waals surface area contributed by atoms with Gasteiger partial charge in [-0.3, -0.25) is 0 Å². The highest BCUT2D eigenvalue weighted by Gasteiger charge is 2.29. The quantitative estimate of drug-likeness (QED) is 0.869. The monoisotopic (exact) mass is 303 g/mol. The molecule has 3 nitrogen and oxygen atoms in total. The molecule has 2 aromatic heterocycles. The number of aromatic nitrogens is 2. The predicted molar refractivity (Wildman–Crippen MR) is 91.3 cm³/mol. The Balaban J connectivity index is 1.96. The fourth-order valence-electron chi connectivity index (χ4n) is 3.19. The second kappa shape index (κ2) is 5.56. The van der Waals surface area contributed by atoms with Crippen LogP contribution in [-0.4, -0.2) is 17.0 Å². The molecule has 1 aliphatic carbocycles. The second-order valence-electron chi connectivity index (χ2n) is 6.90. The zero-order valence-corrected chi connectivity index (χ0v) is 14.3. The van der Waals surface area contributed by atoms with Gasteiger partial charge in [0.15, 0.2) is 0 Å². The Morgan fingerprint density at radius 1 is 1.29 bits per heavy atom. The fraction of sp³-hybridized carbons (Fsp3) is 0.647. The summed E-state index contributed by atoms with van der Waals surface area (Å²) in [7, 11) is 1.96. The highest BCUT2D eigenvalue weighted by Crippen LogP contribution is 2.42. The minimum absolute atomic E-state index is 0.491. The van der Waals surface area contributed by atoms with Crippen molar-refractivity contribution in [3.05, 3.63) is 16.8 Å². The lowest BCUT2D eigenvalue weighted by Gasteiger charge is -2.33. The van der Waals surface area contributed by atoms with E-state index in [0.29, 0.717) is 11.3 Å². The van der Waals surface area contributed by atoms with Crippen LogP contribution in [0.25, 0.3) is 10.2 Å². The first kappa shape index (κ1) is 14.8. The van der Waals surface area contributed by atoms with Crippen molar-refractivity contribution in [2.24, 2.45) is 5.41 Å². The summed E-state index contributed by atoms with van der Waals surface area (Å²) in [6.07, 6.45) is 6.05. The number of anilines is 1. The van der Waals surface area contributed by atoms with Gasteiger partial charge in [-0.15, -0.1) is 11.3 Å². The Kier molecular flexibility index (Phi) is 3.91. The molecule has 0 radical (unpaired) electrons. The van der Waals surface area contributed by atoms with Crippen LogP contribution in [0.4, 0.5) is 5.82 Å². The van der Waals surface area contributed by atoms with E-state index >= 15 is 0 Å². The van der Waals surface area contributed by atoms with Gasteiger partial charge in [0, 0.05) is 17.8 Å². The number of nitrogens with one attached hydrogen (secondary N) is 1. The topological polar surface area (TPSA) is 37.8 Å². The molecule has 2 aromatic rings. The van der Waals surface area contributed by atoms with Gasteiger partial charge in [0.1, 0.15) is 16.5 Å². The van der Waals surface area contributed by atoms with Crippen molar-refractivity contribution in [3.63, 3.8) is 0 Å². The van der Waals surface area contributed by atoms with Gasteiger partial charge in [0.2, 0.25) is 0 Å². The van der Waals surface area contributed by atoms with E-state index in [0.717, 1.165) is 22.9 Å². The van der Waals surface area contributed by atoms with Crippen LogP contribution in [0.15, 0.2) is 6.07 Å². The average molecular weight is 303 g/mol. The van der Waals surface area contributed by atoms with E-state index < -0.39 is 0 Å². The number of thiophene rings is 1. The van der Waals surface area contributed by atoms with Crippen LogP contribution in [0.5, 0.6) is 0 Å². The van der Waals surface area contributed by atoms with Crippen LogP contribution < -0.4 is 5.32 Å². The molecule has 3 rings (SSSR count). The molecule has 1 fully saturated rings. The molecule has 0 spiro atoms. The normalized spacial score (nSPS) is 19.0. The van der Waals surface area contributed by atoms with Gasteiger partial charge in [-0.05, 0) is 43.6 Å². The standard InChI is InChI=1S/C17H25N3S/c1-5-12-10-13-15(18-4)19-14(20-16(13)21-12)11-6-8-17(2,3)9-7-11/h10-11H,5-9H2,1-4H3,(H,18,19,20). The first-order chi connectivity index (χ1) is 10.0. The van der Waals surface area contributed by atoms with Crippen molar-refractivity contribution in [2.45, 2.75) is 58.8 Å². The molecule has 0 amide bonds. The largest absolute Gasteiger partial charge is 0.372 e. The summed E-state index contributed by atoms with van der Waals surface area (Å²) in [5.41, 5.74) is 0.491. The van der Waals surface area contributed by atoms with Gasteiger partial charge < -0.3 is 5.32 Å². The zero-order chi connectivity index (χ0) is 15.0. The summed E-state index contributed by atoms with van der Waals surface area (Å²) in [4.78, 5) is 12.2. The molecular weight excluding hydrogens is 278 g/mol. The second-order valence-corrected chi connectivity index (χ2v) is 8.02. The molecule has 0 unspecified atom stereocenters. The predicted octanol–water partition coefficient (Wildman–Crippen LogP) is 4.98. The lowest BCUT2D eigenvalue weighted by Crippen LogP contribution is -2.21. The number of hydrogen-bond donors (Lipinski definition) is 1. The molecule has 1 saturated carbocycles. The summed E-state index contributed by atoms with van der Waals surface area (Å²) in [6, 6.07) is 2.24. The van der Waals surface area contributed by atoms with Gasteiger partial charge in [0.05, 0.1) is 5.39 Å². The van der Waals surface area contributed by atoms with Crippen LogP contribution in [0, 0.1) is 5.41 Å². The first-order valence-electron chi connectivity index (χ1n) is 8.00. The van der Waals surface area contributed by atoms with Crippen molar-refractivity contribution in [3.8, 4) is 0 Å². The van der Waals surface area contributed by atoms with E-state index in [1.54, 1.807) is 0 Å². The maximum absolute atomic E-state index is 4.89. The fourth-order valence-corrected chi connectivity index (χ4v) is 4.17. The third-order valence-corrected chi connectivity index (χ3v) is 5.92. The number of fused-ring (bicyclic) bond motifs is 1. The van der Waals surface area contributed by atoms with Crippen LogP contribution in [0.1, 0.15) is 63.1 Å². The van der Waals surface area contributed by atoms with Gasteiger partial charge in [-0.1, -0.05) is 20.8 Å². The van der Waals surface area contributed by atoms with Crippen molar-refractivity contribution >= 4 is 27.4 Å². The van der Waals surface area contributed by atoms with Crippen LogP contribution in [0.2, 0.25) is 0 Å². The van der Waals surface area contributed by atoms with Crippen molar-refractivity contribution < 1.29 is 0 Å². The van der Waals surface area contributed by atoms with E-state index in [-0.39, 0.29) is 0 Å². The summed E-state index contributed by atoms with van der Waals surface area (Å²) in [5.74, 6) is 2.57. The zero-order valence-electron chi connectivity index (χ0n) is 13.5. The number of aryl methyl sites for hydroxylation is 1. The molecule has 0 aromatic carbocycles. The maximum Gasteiger partial charge on any atom is 0.138 e. The van der Waals surface area contributed by atoms with Crippen molar-refractivity contribution in [1.82, 2.24) is 9.97 Å². The van der Waals surface area contributed by atoms with Gasteiger partial charge >= 0.3 is 0 Å². The van der Waals surface area contributed by atoms with Gasteiger partial charge in [-0.2, -0.15) is 0 Å². The summed E-state index contributed by atoms with van der Waals surface area (Å²) >= 11 is 1.81. The third-order valence-electron chi connectivity index (χ3n) is 4.75. The summed E-state index contributed by atoms with van der Waals surface area (Å²) in [5, 5.41) is 4.44. The molecule has 2 heterocycles. The Morgan fingerprint density at radius 2 is 2.00 bits per heavy atom.